The lowest BCUT2D eigenvalue weighted by molar-refractivity contribution is -0.130. The van der Waals surface area contributed by atoms with E-state index in [9.17, 15) is 18.8 Å². The fourth-order valence-electron chi connectivity index (χ4n) is 4.60. The molecule has 0 radical (unpaired) electrons. The van der Waals surface area contributed by atoms with Crippen LogP contribution in [0.2, 0.25) is 0 Å². The highest BCUT2D eigenvalue weighted by Crippen LogP contribution is 2.33. The topological polar surface area (TPSA) is 89.9 Å². The second kappa shape index (κ2) is 8.26. The molecule has 2 aliphatic heterocycles. The summed E-state index contributed by atoms with van der Waals surface area (Å²) in [5.41, 5.74) is 2.10. The number of fused-ring (bicyclic) bond motifs is 1. The van der Waals surface area contributed by atoms with Gasteiger partial charge in [-0.15, -0.1) is 0 Å². The smallest absolute Gasteiger partial charge is 0.325 e. The van der Waals surface area contributed by atoms with Gasteiger partial charge in [0.2, 0.25) is 6.79 Å². The largest absolute Gasteiger partial charge is 0.454 e. The Bertz CT molecular complexity index is 1360. The van der Waals surface area contributed by atoms with Gasteiger partial charge in [-0.1, -0.05) is 18.2 Å². The predicted molar refractivity (Wildman–Crippen MR) is 124 cm³/mol. The maximum Gasteiger partial charge on any atom is 0.325 e. The molecule has 1 atom stereocenters. The number of ketones is 1. The molecule has 2 aliphatic rings. The minimum absolute atomic E-state index is 0.196. The molecule has 3 aromatic rings. The number of hydrogen-bond acceptors (Lipinski definition) is 5. The molecule has 1 fully saturated rings. The Kier molecular flexibility index (Phi) is 5.35. The highest BCUT2D eigenvalue weighted by atomic mass is 19.1. The number of aromatic nitrogens is 1. The van der Waals surface area contributed by atoms with E-state index >= 15 is 0 Å². The molecule has 0 bridgehead atoms. The number of ether oxygens (including phenoxy) is 2. The first kappa shape index (κ1) is 22.6. The summed E-state index contributed by atoms with van der Waals surface area (Å²) in [6.45, 7) is 5.60. The molecule has 0 saturated carbocycles. The van der Waals surface area contributed by atoms with Crippen LogP contribution in [0.25, 0.3) is 0 Å². The Morgan fingerprint density at radius 3 is 2.51 bits per heavy atom. The number of amides is 3. The summed E-state index contributed by atoms with van der Waals surface area (Å²) < 4.78 is 26.1. The summed E-state index contributed by atoms with van der Waals surface area (Å²) in [6.07, 6.45) is 0. The number of nitrogens with one attached hydrogen (secondary N) is 1. The van der Waals surface area contributed by atoms with Crippen molar-refractivity contribution in [3.8, 4) is 11.5 Å². The summed E-state index contributed by atoms with van der Waals surface area (Å²) >= 11 is 0. The van der Waals surface area contributed by atoms with Crippen molar-refractivity contribution in [1.82, 2.24) is 14.8 Å². The van der Waals surface area contributed by atoms with Gasteiger partial charge in [0, 0.05) is 23.5 Å². The van der Waals surface area contributed by atoms with Gasteiger partial charge in [0.1, 0.15) is 11.4 Å². The molecule has 3 amide bonds. The first-order valence-corrected chi connectivity index (χ1v) is 11.2. The number of carbonyl (C=O) groups is 3. The van der Waals surface area contributed by atoms with Crippen molar-refractivity contribution in [2.45, 2.75) is 32.9 Å². The monoisotopic (exact) mass is 477 g/mol. The van der Waals surface area contributed by atoms with Crippen LogP contribution in [-0.2, 0) is 16.9 Å². The molecular weight excluding hydrogens is 453 g/mol. The van der Waals surface area contributed by atoms with E-state index in [1.807, 2.05) is 36.6 Å². The van der Waals surface area contributed by atoms with Gasteiger partial charge in [-0.25, -0.2) is 9.18 Å². The van der Waals surface area contributed by atoms with E-state index in [4.69, 9.17) is 9.47 Å². The molecule has 1 N–H and O–H groups in total. The minimum Gasteiger partial charge on any atom is -0.454 e. The molecule has 180 valence electrons. The Balaban J connectivity index is 1.35. The molecule has 2 aromatic carbocycles. The molecule has 9 heteroatoms. The van der Waals surface area contributed by atoms with Crippen molar-refractivity contribution in [2.75, 3.05) is 13.3 Å². The van der Waals surface area contributed by atoms with Crippen LogP contribution in [0.3, 0.4) is 0 Å². The summed E-state index contributed by atoms with van der Waals surface area (Å²) in [5.74, 6) is 0.0339. The lowest BCUT2D eigenvalue weighted by atomic mass is 9.92. The fourth-order valence-corrected chi connectivity index (χ4v) is 4.60. The van der Waals surface area contributed by atoms with E-state index in [2.05, 4.69) is 5.32 Å². The summed E-state index contributed by atoms with van der Waals surface area (Å²) in [6, 6.07) is 12.2. The average Bonchev–Trinajstić information content (AvgIpc) is 3.47. The number of nitrogens with zero attached hydrogens (tertiary/aromatic N) is 2. The zero-order valence-corrected chi connectivity index (χ0v) is 19.6. The highest BCUT2D eigenvalue weighted by Gasteiger charge is 2.49. The minimum atomic E-state index is -1.37. The molecule has 5 rings (SSSR count). The van der Waals surface area contributed by atoms with Gasteiger partial charge in [0.05, 0.1) is 6.54 Å². The van der Waals surface area contributed by atoms with Crippen LogP contribution in [-0.4, -0.2) is 40.5 Å². The molecule has 1 aromatic heterocycles. The van der Waals surface area contributed by atoms with Crippen LogP contribution in [0.4, 0.5) is 9.18 Å². The van der Waals surface area contributed by atoms with E-state index in [0.29, 0.717) is 29.2 Å². The Labute approximate surface area is 201 Å². The van der Waals surface area contributed by atoms with Gasteiger partial charge >= 0.3 is 6.03 Å². The van der Waals surface area contributed by atoms with E-state index in [0.717, 1.165) is 21.9 Å². The Morgan fingerprint density at radius 2 is 1.77 bits per heavy atom. The van der Waals surface area contributed by atoms with Crippen LogP contribution < -0.4 is 14.8 Å². The summed E-state index contributed by atoms with van der Waals surface area (Å²) in [5, 5.41) is 2.64. The number of benzene rings is 2. The number of hydrogen-bond donors (Lipinski definition) is 1. The van der Waals surface area contributed by atoms with E-state index in [1.54, 1.807) is 13.0 Å². The van der Waals surface area contributed by atoms with Crippen LogP contribution >= 0.6 is 0 Å². The van der Waals surface area contributed by atoms with E-state index in [-0.39, 0.29) is 12.6 Å². The highest BCUT2D eigenvalue weighted by molar-refractivity contribution is 6.11. The van der Waals surface area contributed by atoms with Crippen molar-refractivity contribution in [1.29, 1.82) is 0 Å². The molecule has 8 nitrogen and oxygen atoms in total. The first-order chi connectivity index (χ1) is 16.7. The molecule has 1 unspecified atom stereocenters. The van der Waals surface area contributed by atoms with Crippen LogP contribution in [0.5, 0.6) is 11.5 Å². The van der Waals surface area contributed by atoms with Gasteiger partial charge in [-0.2, -0.15) is 0 Å². The van der Waals surface area contributed by atoms with E-state index in [1.165, 1.54) is 24.3 Å². The lowest BCUT2D eigenvalue weighted by Crippen LogP contribution is -2.41. The summed E-state index contributed by atoms with van der Waals surface area (Å²) in [4.78, 5) is 39.9. The van der Waals surface area contributed by atoms with Crippen molar-refractivity contribution < 1.29 is 28.2 Å². The first-order valence-electron chi connectivity index (χ1n) is 11.2. The third-order valence-electron chi connectivity index (χ3n) is 6.65. The number of imide groups is 1. The maximum atomic E-state index is 13.3. The third kappa shape index (κ3) is 3.82. The van der Waals surface area contributed by atoms with Crippen LogP contribution in [0, 0.1) is 19.7 Å². The van der Waals surface area contributed by atoms with Crippen LogP contribution in [0.1, 0.15) is 39.8 Å². The molecular formula is C26H24FN3O5. The molecule has 3 heterocycles. The summed E-state index contributed by atoms with van der Waals surface area (Å²) in [7, 11) is 0. The number of halogens is 1. The van der Waals surface area contributed by atoms with E-state index < -0.39 is 29.8 Å². The molecule has 35 heavy (non-hydrogen) atoms. The Morgan fingerprint density at radius 1 is 1.06 bits per heavy atom. The molecule has 1 saturated heterocycles. The van der Waals surface area contributed by atoms with Gasteiger partial charge in [0.25, 0.3) is 5.91 Å². The van der Waals surface area contributed by atoms with Gasteiger partial charge in [-0.05, 0) is 62.2 Å². The predicted octanol–water partition coefficient (Wildman–Crippen LogP) is 3.67. The fraction of sp³-hybridized carbons (Fsp3) is 0.269. The Hall–Kier alpha value is -4.14. The number of aryl methyl sites for hydroxylation is 1. The number of Topliss-reactive ketones (excluding diaryl/α,β-unsaturated/α-hetero) is 1. The number of carbonyl (C=O) groups excluding carboxylic acids is 3. The van der Waals surface area contributed by atoms with Gasteiger partial charge in [0.15, 0.2) is 17.3 Å². The lowest BCUT2D eigenvalue weighted by Gasteiger charge is -2.22. The van der Waals surface area contributed by atoms with Crippen molar-refractivity contribution in [2.24, 2.45) is 0 Å². The normalized spacial score (nSPS) is 18.8. The molecule has 0 spiro atoms. The van der Waals surface area contributed by atoms with Gasteiger partial charge < -0.3 is 19.4 Å². The number of rotatable bonds is 6. The second-order valence-electron chi connectivity index (χ2n) is 8.94. The van der Waals surface area contributed by atoms with Crippen molar-refractivity contribution >= 4 is 17.7 Å². The standard InChI is InChI=1S/C26H24FN3O5/c1-15-10-20(16(2)29(15)12-17-4-9-22-23(11-17)35-14-34-22)21(31)13-30-24(32)26(3,28-25(30)33)18-5-7-19(27)8-6-18/h4-11H,12-14H2,1-3H3,(H,28,33). The zero-order valence-electron chi connectivity index (χ0n) is 19.6. The van der Waals surface area contributed by atoms with Gasteiger partial charge in [-0.3, -0.25) is 14.5 Å². The second-order valence-corrected chi connectivity index (χ2v) is 8.94. The zero-order chi connectivity index (χ0) is 24.9. The maximum absolute atomic E-state index is 13.3. The van der Waals surface area contributed by atoms with Crippen LogP contribution in [0.15, 0.2) is 48.5 Å². The molecule has 0 aliphatic carbocycles. The third-order valence-corrected chi connectivity index (χ3v) is 6.65. The average molecular weight is 477 g/mol. The number of urea groups is 1. The van der Waals surface area contributed by atoms with Crippen molar-refractivity contribution in [3.63, 3.8) is 0 Å². The SMILES string of the molecule is Cc1cc(C(=O)CN2C(=O)NC(C)(c3ccc(F)cc3)C2=O)c(C)n1Cc1ccc2c(c1)OCO2. The van der Waals surface area contributed by atoms with Crippen molar-refractivity contribution in [3.05, 3.63) is 82.4 Å². The quantitative estimate of drug-likeness (QED) is 0.432.